The van der Waals surface area contributed by atoms with E-state index in [0.717, 1.165) is 76.5 Å². The molecule has 4 rings (SSSR count). The molecule has 5 nitrogen and oxygen atoms in total. The lowest BCUT2D eigenvalue weighted by atomic mass is 9.76. The molecule has 1 atom stereocenters. The van der Waals surface area contributed by atoms with Crippen LogP contribution in [0.4, 0.5) is 5.69 Å². The van der Waals surface area contributed by atoms with Crippen LogP contribution in [0.25, 0.3) is 0 Å². The maximum atomic E-state index is 12.4. The van der Waals surface area contributed by atoms with Crippen LogP contribution >= 0.6 is 36.4 Å². The monoisotopic (exact) mass is 449 g/mol. The van der Waals surface area contributed by atoms with Crippen LogP contribution in [0.2, 0.25) is 5.02 Å². The second-order valence-electron chi connectivity index (χ2n) is 7.86. The summed E-state index contributed by atoms with van der Waals surface area (Å²) in [5.41, 5.74) is 1.01. The van der Waals surface area contributed by atoms with E-state index in [4.69, 9.17) is 16.3 Å². The third-order valence-corrected chi connectivity index (χ3v) is 6.43. The maximum Gasteiger partial charge on any atom is 0.312 e. The van der Waals surface area contributed by atoms with E-state index in [1.54, 1.807) is 0 Å². The van der Waals surface area contributed by atoms with E-state index in [0.29, 0.717) is 0 Å². The molecule has 3 saturated heterocycles. The number of benzene rings is 1. The van der Waals surface area contributed by atoms with Gasteiger partial charge in [0.25, 0.3) is 0 Å². The molecule has 1 N–H and O–H groups in total. The third-order valence-electron chi connectivity index (χ3n) is 6.20. The number of rotatable bonds is 4. The fraction of sp³-hybridized carbons (Fsp3) is 0.650. The van der Waals surface area contributed by atoms with Crippen molar-refractivity contribution in [3.05, 3.63) is 29.3 Å². The van der Waals surface area contributed by atoms with E-state index in [1.165, 1.54) is 5.69 Å². The molecule has 8 heteroatoms. The molecular weight excluding hydrogens is 421 g/mol. The van der Waals surface area contributed by atoms with E-state index in [9.17, 15) is 4.79 Å². The minimum absolute atomic E-state index is 0. The summed E-state index contributed by atoms with van der Waals surface area (Å²) < 4.78 is 5.73. The van der Waals surface area contributed by atoms with Crippen LogP contribution in [0.3, 0.4) is 0 Å². The van der Waals surface area contributed by atoms with Gasteiger partial charge in [-0.15, -0.1) is 24.8 Å². The van der Waals surface area contributed by atoms with Crippen molar-refractivity contribution < 1.29 is 9.53 Å². The van der Waals surface area contributed by atoms with Gasteiger partial charge in [-0.2, -0.15) is 0 Å². The zero-order chi connectivity index (χ0) is 18.0. The fourth-order valence-corrected chi connectivity index (χ4v) is 4.73. The van der Waals surface area contributed by atoms with Crippen molar-refractivity contribution in [1.82, 2.24) is 10.2 Å². The predicted molar refractivity (Wildman–Crippen MR) is 118 cm³/mol. The fourth-order valence-electron chi connectivity index (χ4n) is 4.54. The van der Waals surface area contributed by atoms with Gasteiger partial charge in [0.05, 0.1) is 5.41 Å². The van der Waals surface area contributed by atoms with E-state index < -0.39 is 0 Å². The lowest BCUT2D eigenvalue weighted by molar-refractivity contribution is -0.150. The van der Waals surface area contributed by atoms with Crippen molar-refractivity contribution in [3.63, 3.8) is 0 Å². The standard InChI is InChI=1S/C20H28ClN3O2.2ClH/c21-16-2-1-3-17(14-16)24-12-10-23(11-13-24)9-4-18-15-20(19(25)26-18)5-7-22-8-6-20;;/h1-3,14,18,22H,4-13,15H2;2*1H/t18-;;/m1../s1. The van der Waals surface area contributed by atoms with Gasteiger partial charge in [-0.3, -0.25) is 9.69 Å². The van der Waals surface area contributed by atoms with Crippen molar-refractivity contribution in [2.24, 2.45) is 5.41 Å². The highest BCUT2D eigenvalue weighted by atomic mass is 35.5. The molecule has 0 saturated carbocycles. The van der Waals surface area contributed by atoms with Crippen molar-refractivity contribution in [2.45, 2.75) is 31.8 Å². The number of cyclic esters (lactones) is 1. The van der Waals surface area contributed by atoms with Gasteiger partial charge in [0.1, 0.15) is 6.10 Å². The summed E-state index contributed by atoms with van der Waals surface area (Å²) in [5.74, 6) is 0.0507. The van der Waals surface area contributed by atoms with Gasteiger partial charge in [0.15, 0.2) is 0 Å². The first kappa shape index (κ1) is 23.6. The van der Waals surface area contributed by atoms with Crippen molar-refractivity contribution in [2.75, 3.05) is 50.7 Å². The third kappa shape index (κ3) is 5.25. The second-order valence-corrected chi connectivity index (χ2v) is 8.30. The summed E-state index contributed by atoms with van der Waals surface area (Å²) >= 11 is 6.11. The van der Waals surface area contributed by atoms with Gasteiger partial charge < -0.3 is 15.0 Å². The quantitative estimate of drug-likeness (QED) is 0.713. The molecule has 0 bridgehead atoms. The topological polar surface area (TPSA) is 44.8 Å². The highest BCUT2D eigenvalue weighted by Crippen LogP contribution is 2.42. The van der Waals surface area contributed by atoms with E-state index >= 15 is 0 Å². The first-order valence-corrected chi connectivity index (χ1v) is 10.2. The van der Waals surface area contributed by atoms with E-state index in [2.05, 4.69) is 21.2 Å². The van der Waals surface area contributed by atoms with Crippen LogP contribution in [0.15, 0.2) is 24.3 Å². The molecule has 0 amide bonds. The minimum Gasteiger partial charge on any atom is -0.462 e. The Kier molecular flexibility index (Phi) is 8.71. The Hall–Kier alpha value is -0.720. The first-order valence-electron chi connectivity index (χ1n) is 9.79. The molecule has 0 aliphatic carbocycles. The number of esters is 1. The number of piperidine rings is 1. The molecule has 1 aromatic carbocycles. The number of nitrogens with one attached hydrogen (secondary N) is 1. The molecule has 0 radical (unpaired) electrons. The molecule has 1 aromatic rings. The van der Waals surface area contributed by atoms with Gasteiger partial charge in [-0.05, 0) is 50.6 Å². The van der Waals surface area contributed by atoms with Crippen LogP contribution < -0.4 is 10.2 Å². The molecule has 0 aromatic heterocycles. The van der Waals surface area contributed by atoms with Gasteiger partial charge in [0, 0.05) is 49.9 Å². The molecule has 3 fully saturated rings. The Morgan fingerprint density at radius 1 is 1.14 bits per heavy atom. The highest BCUT2D eigenvalue weighted by Gasteiger charge is 2.49. The Balaban J connectivity index is 0.00000140. The number of anilines is 1. The number of halogens is 3. The molecule has 1 spiro atoms. The predicted octanol–water partition coefficient (Wildman–Crippen LogP) is 3.38. The molecule has 158 valence electrons. The zero-order valence-electron chi connectivity index (χ0n) is 16.1. The Morgan fingerprint density at radius 3 is 2.54 bits per heavy atom. The van der Waals surface area contributed by atoms with Gasteiger partial charge >= 0.3 is 5.97 Å². The number of hydrogen-bond donors (Lipinski definition) is 1. The summed E-state index contributed by atoms with van der Waals surface area (Å²) in [6.45, 7) is 7.00. The second kappa shape index (κ2) is 10.4. The molecule has 0 unspecified atom stereocenters. The normalized spacial score (nSPS) is 24.4. The Labute approximate surface area is 184 Å². The lowest BCUT2D eigenvalue weighted by Crippen LogP contribution is -2.47. The summed E-state index contributed by atoms with van der Waals surface area (Å²) in [5, 5.41) is 4.14. The number of carbonyl (C=O) groups is 1. The zero-order valence-corrected chi connectivity index (χ0v) is 18.5. The van der Waals surface area contributed by atoms with Crippen molar-refractivity contribution in [1.29, 1.82) is 0 Å². The van der Waals surface area contributed by atoms with E-state index in [-0.39, 0.29) is 42.3 Å². The lowest BCUT2D eigenvalue weighted by Gasteiger charge is -2.36. The average molecular weight is 451 g/mol. The molecular formula is C20H30Cl3N3O2. The summed E-state index contributed by atoms with van der Waals surface area (Å²) in [4.78, 5) is 17.2. The minimum atomic E-state index is -0.193. The summed E-state index contributed by atoms with van der Waals surface area (Å²) in [7, 11) is 0. The van der Waals surface area contributed by atoms with E-state index in [1.807, 2.05) is 18.2 Å². The number of piperazine rings is 1. The van der Waals surface area contributed by atoms with Gasteiger partial charge in [-0.1, -0.05) is 17.7 Å². The molecule has 3 heterocycles. The van der Waals surface area contributed by atoms with Crippen LogP contribution in [0.5, 0.6) is 0 Å². The molecule has 28 heavy (non-hydrogen) atoms. The highest BCUT2D eigenvalue weighted by molar-refractivity contribution is 6.30. The van der Waals surface area contributed by atoms with Crippen molar-refractivity contribution in [3.8, 4) is 0 Å². The summed E-state index contributed by atoms with van der Waals surface area (Å²) in [6, 6.07) is 8.08. The largest absolute Gasteiger partial charge is 0.462 e. The van der Waals surface area contributed by atoms with Gasteiger partial charge in [0.2, 0.25) is 0 Å². The SMILES string of the molecule is Cl.Cl.O=C1O[C@H](CCN2CCN(c3cccc(Cl)c3)CC2)CC12CCNCC2. The summed E-state index contributed by atoms with van der Waals surface area (Å²) in [6.07, 6.45) is 3.83. The van der Waals surface area contributed by atoms with Crippen LogP contribution in [0, 0.1) is 5.41 Å². The smallest absolute Gasteiger partial charge is 0.312 e. The Bertz CT molecular complexity index is 647. The maximum absolute atomic E-state index is 12.4. The van der Waals surface area contributed by atoms with Gasteiger partial charge in [-0.25, -0.2) is 0 Å². The molecule has 3 aliphatic rings. The van der Waals surface area contributed by atoms with Crippen LogP contribution in [0.1, 0.15) is 25.7 Å². The van der Waals surface area contributed by atoms with Crippen LogP contribution in [-0.4, -0.2) is 62.8 Å². The number of hydrogen-bond acceptors (Lipinski definition) is 5. The van der Waals surface area contributed by atoms with Crippen LogP contribution in [-0.2, 0) is 9.53 Å². The average Bonchev–Trinajstić information content (AvgIpc) is 2.96. The number of ether oxygens (including phenoxy) is 1. The van der Waals surface area contributed by atoms with Crippen molar-refractivity contribution >= 4 is 48.1 Å². The first-order chi connectivity index (χ1) is 12.6. The molecule has 3 aliphatic heterocycles. The Morgan fingerprint density at radius 2 is 1.86 bits per heavy atom. The number of carbonyl (C=O) groups excluding carboxylic acids is 1. The number of nitrogens with zero attached hydrogens (tertiary/aromatic N) is 2.